The zero-order valence-corrected chi connectivity index (χ0v) is 50.0. The number of nitrogens with zero attached hydrogens (tertiary/aromatic N) is 2. The number of carbonyl (C=O) groups excluding carboxylic acids is 13. The number of amides is 12. The first-order valence-electron chi connectivity index (χ1n) is 29.3. The van der Waals surface area contributed by atoms with Gasteiger partial charge in [0.1, 0.15) is 48.3 Å². The summed E-state index contributed by atoms with van der Waals surface area (Å²) in [5.74, 6) is -9.82. The summed E-state index contributed by atoms with van der Waals surface area (Å²) in [6.07, 6.45) is 4.31. The quantitative estimate of drug-likeness (QED) is 0.0412. The second kappa shape index (κ2) is 33.4. The van der Waals surface area contributed by atoms with E-state index in [4.69, 9.17) is 5.73 Å². The van der Waals surface area contributed by atoms with Gasteiger partial charge in [-0.1, -0.05) is 85.9 Å². The fourth-order valence-electron chi connectivity index (χ4n) is 10.4. The van der Waals surface area contributed by atoms with E-state index in [9.17, 15) is 62.3 Å². The summed E-state index contributed by atoms with van der Waals surface area (Å²) in [6.45, 7) is 13.4. The molecule has 2 aromatic rings. The predicted octanol–water partition coefficient (Wildman–Crippen LogP) is -0.237. The van der Waals surface area contributed by atoms with Crippen LogP contribution in [0.5, 0.6) is 0 Å². The normalized spacial score (nSPS) is 17.4. The van der Waals surface area contributed by atoms with Crippen LogP contribution in [0.1, 0.15) is 138 Å². The molecule has 2 aliphatic heterocycles. The van der Waals surface area contributed by atoms with Crippen LogP contribution in [0.25, 0.3) is 10.9 Å². The molecule has 84 heavy (non-hydrogen) atoms. The van der Waals surface area contributed by atoms with Crippen molar-refractivity contribution in [3.8, 4) is 0 Å². The topological polar surface area (TPSA) is 378 Å². The Hall–Kier alpha value is -7.93. The lowest BCUT2D eigenvalue weighted by Gasteiger charge is -2.32. The second-order valence-corrected chi connectivity index (χ2v) is 22.7. The van der Waals surface area contributed by atoms with E-state index in [2.05, 4.69) is 52.8 Å². The summed E-state index contributed by atoms with van der Waals surface area (Å²) in [5.41, 5.74) is 7.40. The van der Waals surface area contributed by atoms with Crippen LogP contribution in [0, 0.1) is 17.8 Å². The maximum Gasteiger partial charge on any atom is 0.287 e. The van der Waals surface area contributed by atoms with Crippen molar-refractivity contribution in [3.63, 3.8) is 0 Å². The third-order valence-corrected chi connectivity index (χ3v) is 15.1. The Morgan fingerprint density at radius 3 is 1.88 bits per heavy atom. The highest BCUT2D eigenvalue weighted by Gasteiger charge is 2.41. The molecule has 12 amide bonds. The summed E-state index contributed by atoms with van der Waals surface area (Å²) < 4.78 is 0. The summed E-state index contributed by atoms with van der Waals surface area (Å²) in [5, 5.41) is 24.2. The van der Waals surface area contributed by atoms with Gasteiger partial charge in [0, 0.05) is 57.0 Å². The molecule has 26 heteroatoms. The van der Waals surface area contributed by atoms with Crippen LogP contribution in [0.3, 0.4) is 0 Å². The predicted molar refractivity (Wildman–Crippen MR) is 310 cm³/mol. The van der Waals surface area contributed by atoms with Crippen molar-refractivity contribution in [2.45, 2.75) is 187 Å². The van der Waals surface area contributed by atoms with Crippen molar-refractivity contribution < 1.29 is 62.3 Å². The van der Waals surface area contributed by atoms with E-state index in [1.807, 2.05) is 58.9 Å². The van der Waals surface area contributed by atoms with Crippen LogP contribution < -0.4 is 53.6 Å². The van der Waals surface area contributed by atoms with Gasteiger partial charge in [-0.25, -0.2) is 0 Å². The van der Waals surface area contributed by atoms with E-state index in [1.54, 1.807) is 20.0 Å². The van der Waals surface area contributed by atoms with Gasteiger partial charge < -0.3 is 68.4 Å². The molecule has 4 rings (SSSR count). The standard InChI is InChI=1S/C58H89N13O13/c1-10-12-18-39(66-52(78)40(22-23-46(73)56(82)60-9)65-47(74)30-62-54(80)44-20-15-24-70(44)48(75)31-63-51(77)42(26-32(3)4)64-35(8)72)53(79)69-49(34(7)11-2)57(83)68-43(27-33(5)6)58(84)71-25-16-21-45(71)55(81)67-41(50(59)76)28-36-29-61-38-19-14-13-17-37(36)38/h13-14,17,19,29,32-34,39-45,49,61H,10-12,15-16,18,20-28,30-31H2,1-9H3,(H2,59,76)(H,60,82)(H,62,80)(H,63,77)(H,64,72)(H,65,74)(H,66,78)(H,67,81)(H,68,83)(H,69,79)/t34?,39-,40-,41-,42-,43-,44-,45-,49-/m0/s1. The molecule has 1 aromatic heterocycles. The van der Waals surface area contributed by atoms with E-state index in [0.717, 1.165) is 16.5 Å². The molecule has 26 nitrogen and oxygen atoms in total. The number of Topliss-reactive ketones (excluding diaryl/α,β-unsaturated/α-hetero) is 1. The molecule has 2 saturated heterocycles. The number of para-hydroxylation sites is 1. The SMILES string of the molecule is CCCC[C@H](NC(=O)[C@H](CCC(=O)C(=O)NC)NC(=O)CNC(=O)[C@@H]1CCCN1C(=O)CNC(=O)[C@H](CC(C)C)NC(C)=O)C(=O)N[C@H](C(=O)N[C@@H](CC(C)C)C(=O)N1CCC[C@H]1C(=O)N[C@@H](Cc1c[nH]c2ccccc12)C(N)=O)C(C)CC. The first kappa shape index (κ1) is 68.6. The highest BCUT2D eigenvalue weighted by molar-refractivity contribution is 6.36. The molecule has 0 spiro atoms. The zero-order chi connectivity index (χ0) is 62.4. The number of primary amides is 1. The first-order chi connectivity index (χ1) is 39.8. The summed E-state index contributed by atoms with van der Waals surface area (Å²) in [7, 11) is 1.25. The van der Waals surface area contributed by atoms with Crippen molar-refractivity contribution in [1.29, 1.82) is 0 Å². The maximum absolute atomic E-state index is 14.5. The Balaban J connectivity index is 1.46. The lowest BCUT2D eigenvalue weighted by molar-refractivity contribution is -0.143. The van der Waals surface area contributed by atoms with Gasteiger partial charge in [-0.3, -0.25) is 62.3 Å². The molecule has 2 fully saturated rings. The molecule has 1 unspecified atom stereocenters. The third-order valence-electron chi connectivity index (χ3n) is 15.1. The molecule has 1 aromatic carbocycles. The third kappa shape index (κ3) is 20.4. The number of ketones is 1. The first-order valence-corrected chi connectivity index (χ1v) is 29.3. The Morgan fingerprint density at radius 2 is 1.26 bits per heavy atom. The number of fused-ring (bicyclic) bond motifs is 1. The highest BCUT2D eigenvalue weighted by atomic mass is 16.2. The lowest BCUT2D eigenvalue weighted by atomic mass is 9.95. The van der Waals surface area contributed by atoms with Crippen molar-refractivity contribution in [2.24, 2.45) is 23.5 Å². The van der Waals surface area contributed by atoms with Crippen LogP contribution in [-0.4, -0.2) is 173 Å². The minimum atomic E-state index is -1.53. The second-order valence-electron chi connectivity index (χ2n) is 22.7. The Bertz CT molecular complexity index is 2690. The summed E-state index contributed by atoms with van der Waals surface area (Å²) in [4.78, 5) is 180. The van der Waals surface area contributed by atoms with Crippen LogP contribution in [-0.2, 0) is 68.7 Å². The van der Waals surface area contributed by atoms with Crippen molar-refractivity contribution in [1.82, 2.24) is 62.6 Å². The number of benzene rings is 1. The zero-order valence-electron chi connectivity index (χ0n) is 50.0. The average molecular weight is 1180 g/mol. The number of likely N-dealkylation sites (tertiary alicyclic amines) is 2. The summed E-state index contributed by atoms with van der Waals surface area (Å²) in [6, 6.07) is -1.67. The smallest absolute Gasteiger partial charge is 0.287 e. The number of unbranched alkanes of at least 4 members (excludes halogenated alkanes) is 1. The van der Waals surface area contributed by atoms with Gasteiger partial charge in [-0.2, -0.15) is 0 Å². The van der Waals surface area contributed by atoms with Crippen LogP contribution in [0.4, 0.5) is 0 Å². The fraction of sp³-hybridized carbons (Fsp3) is 0.638. The van der Waals surface area contributed by atoms with E-state index >= 15 is 0 Å². The molecule has 9 atom stereocenters. The molecular formula is C58H89N13O13. The number of rotatable bonds is 33. The fourth-order valence-corrected chi connectivity index (χ4v) is 10.4. The molecular weight excluding hydrogens is 1090 g/mol. The molecule has 0 aliphatic carbocycles. The van der Waals surface area contributed by atoms with Gasteiger partial charge in [-0.05, 0) is 80.8 Å². The molecule has 2 aliphatic rings. The Labute approximate surface area is 490 Å². The molecule has 0 saturated carbocycles. The van der Waals surface area contributed by atoms with Crippen LogP contribution >= 0.6 is 0 Å². The van der Waals surface area contributed by atoms with E-state index < -0.39 is 157 Å². The molecule has 0 bridgehead atoms. The number of H-pyrrole nitrogens is 1. The molecule has 12 N–H and O–H groups in total. The average Bonchev–Trinajstić information content (AvgIpc) is 3.80. The number of hydrogen-bond donors (Lipinski definition) is 11. The summed E-state index contributed by atoms with van der Waals surface area (Å²) >= 11 is 0. The van der Waals surface area contributed by atoms with Gasteiger partial charge in [0.05, 0.1) is 13.1 Å². The number of hydrogen-bond acceptors (Lipinski definition) is 13. The van der Waals surface area contributed by atoms with Crippen molar-refractivity contribution >= 4 is 87.6 Å². The molecule has 0 radical (unpaired) electrons. The van der Waals surface area contributed by atoms with Gasteiger partial charge in [0.2, 0.25) is 70.8 Å². The number of likely N-dealkylation sites (N-methyl/N-ethyl adjacent to an activating group) is 1. The number of nitrogens with two attached hydrogens (primary N) is 1. The monoisotopic (exact) mass is 1180 g/mol. The Morgan fingerprint density at radius 1 is 0.655 bits per heavy atom. The van der Waals surface area contributed by atoms with E-state index in [1.165, 1.54) is 23.8 Å². The number of nitrogens with one attached hydrogen (secondary N) is 10. The number of aromatic amines is 1. The van der Waals surface area contributed by atoms with Gasteiger partial charge in [0.25, 0.3) is 5.91 Å². The molecule has 3 heterocycles. The minimum Gasteiger partial charge on any atom is -0.368 e. The number of carbonyl (C=O) groups is 13. The van der Waals surface area contributed by atoms with Crippen molar-refractivity contribution in [3.05, 3.63) is 36.0 Å². The largest absolute Gasteiger partial charge is 0.368 e. The van der Waals surface area contributed by atoms with Gasteiger partial charge in [0.15, 0.2) is 0 Å². The number of aromatic nitrogens is 1. The van der Waals surface area contributed by atoms with Gasteiger partial charge in [-0.15, -0.1) is 0 Å². The van der Waals surface area contributed by atoms with Crippen LogP contribution in [0.2, 0.25) is 0 Å². The van der Waals surface area contributed by atoms with Crippen molar-refractivity contribution in [2.75, 3.05) is 33.2 Å². The highest BCUT2D eigenvalue weighted by Crippen LogP contribution is 2.24. The van der Waals surface area contributed by atoms with Gasteiger partial charge >= 0.3 is 0 Å². The van der Waals surface area contributed by atoms with Crippen LogP contribution in [0.15, 0.2) is 30.5 Å². The Kier molecular flexibility index (Phi) is 27.3. The molecule has 464 valence electrons. The van der Waals surface area contributed by atoms with E-state index in [0.29, 0.717) is 38.5 Å². The van der Waals surface area contributed by atoms with E-state index in [-0.39, 0.29) is 57.0 Å². The minimum absolute atomic E-state index is 0.0544. The maximum atomic E-state index is 14.5. The lowest BCUT2D eigenvalue weighted by Crippen LogP contribution is -2.61.